The Balaban J connectivity index is 2.45. The van der Waals surface area contributed by atoms with Crippen LogP contribution in [-0.4, -0.2) is 5.11 Å². The van der Waals surface area contributed by atoms with Gasteiger partial charge in [0.1, 0.15) is 5.60 Å². The summed E-state index contributed by atoms with van der Waals surface area (Å²) in [5, 5.41) is 19.0. The molecule has 1 aromatic rings. The van der Waals surface area contributed by atoms with Gasteiger partial charge in [0.2, 0.25) is 0 Å². The van der Waals surface area contributed by atoms with Crippen LogP contribution >= 0.6 is 0 Å². The van der Waals surface area contributed by atoms with Crippen molar-refractivity contribution in [2.45, 2.75) is 31.3 Å². The molecular formula is C12H13NO. The first-order valence-electron chi connectivity index (χ1n) is 4.94. The van der Waals surface area contributed by atoms with Crippen LogP contribution in [0, 0.1) is 11.3 Å². The molecule has 1 N–H and O–H groups in total. The van der Waals surface area contributed by atoms with E-state index in [4.69, 9.17) is 5.26 Å². The van der Waals surface area contributed by atoms with Crippen molar-refractivity contribution in [2.75, 3.05) is 0 Å². The lowest BCUT2D eigenvalue weighted by Gasteiger charge is -2.32. The number of hydrogen-bond acceptors (Lipinski definition) is 2. The lowest BCUT2D eigenvalue weighted by molar-refractivity contribution is 0.0235. The van der Waals surface area contributed by atoms with Gasteiger partial charge in [-0.3, -0.25) is 0 Å². The number of hydrogen-bond donors (Lipinski definition) is 1. The molecule has 0 saturated heterocycles. The highest BCUT2D eigenvalue weighted by Crippen LogP contribution is 2.37. The third-order valence-corrected chi connectivity index (χ3v) is 2.93. The Morgan fingerprint density at radius 1 is 1.43 bits per heavy atom. The molecule has 0 heterocycles. The highest BCUT2D eigenvalue weighted by molar-refractivity contribution is 5.35. The smallest absolute Gasteiger partial charge is 0.103 e. The van der Waals surface area contributed by atoms with Crippen molar-refractivity contribution in [2.24, 2.45) is 0 Å². The van der Waals surface area contributed by atoms with Gasteiger partial charge < -0.3 is 5.11 Å². The van der Waals surface area contributed by atoms with Crippen LogP contribution < -0.4 is 0 Å². The van der Waals surface area contributed by atoms with Gasteiger partial charge in [-0.05, 0) is 30.4 Å². The lowest BCUT2D eigenvalue weighted by atomic mass is 9.77. The van der Waals surface area contributed by atoms with Gasteiger partial charge in [-0.1, -0.05) is 24.3 Å². The van der Waals surface area contributed by atoms with E-state index in [0.29, 0.717) is 6.42 Å². The molecule has 1 unspecified atom stereocenters. The van der Waals surface area contributed by atoms with Crippen molar-refractivity contribution < 1.29 is 5.11 Å². The van der Waals surface area contributed by atoms with E-state index in [0.717, 1.165) is 18.4 Å². The normalized spacial score (nSPS) is 25.1. The highest BCUT2D eigenvalue weighted by Gasteiger charge is 2.33. The molecular weight excluding hydrogens is 174 g/mol. The Labute approximate surface area is 83.8 Å². The van der Waals surface area contributed by atoms with Gasteiger partial charge in [-0.2, -0.15) is 5.26 Å². The Hall–Kier alpha value is -1.33. The van der Waals surface area contributed by atoms with Crippen LogP contribution in [0.2, 0.25) is 0 Å². The third kappa shape index (κ3) is 1.40. The van der Waals surface area contributed by atoms with E-state index in [1.807, 2.05) is 24.3 Å². The molecule has 1 aromatic carbocycles. The molecule has 2 nitrogen and oxygen atoms in total. The second kappa shape index (κ2) is 3.43. The topological polar surface area (TPSA) is 44.0 Å². The summed E-state index contributed by atoms with van der Waals surface area (Å²) in [4.78, 5) is 0. The minimum Gasteiger partial charge on any atom is -0.384 e. The van der Waals surface area contributed by atoms with Gasteiger partial charge in [0.25, 0.3) is 0 Å². The fraction of sp³-hybridized carbons (Fsp3) is 0.417. The van der Waals surface area contributed by atoms with E-state index < -0.39 is 5.60 Å². The molecule has 2 heteroatoms. The van der Waals surface area contributed by atoms with Crippen molar-refractivity contribution in [1.82, 2.24) is 0 Å². The maximum atomic E-state index is 10.3. The average molecular weight is 187 g/mol. The number of aliphatic hydroxyl groups is 1. The van der Waals surface area contributed by atoms with Crippen LogP contribution in [0.1, 0.15) is 30.4 Å². The fourth-order valence-electron chi connectivity index (χ4n) is 2.21. The highest BCUT2D eigenvalue weighted by atomic mass is 16.3. The Morgan fingerprint density at radius 3 is 3.00 bits per heavy atom. The number of nitrogens with zero attached hydrogens (tertiary/aromatic N) is 1. The van der Waals surface area contributed by atoms with Gasteiger partial charge in [-0.25, -0.2) is 0 Å². The van der Waals surface area contributed by atoms with Gasteiger partial charge in [-0.15, -0.1) is 0 Å². The standard InChI is InChI=1S/C12H13NO/c13-9-8-12(14)7-3-5-10-4-1-2-6-11(10)12/h1-2,4,6,14H,3,5,7-8H2. The van der Waals surface area contributed by atoms with Gasteiger partial charge in [0.15, 0.2) is 0 Å². The molecule has 0 aromatic heterocycles. The maximum absolute atomic E-state index is 10.3. The third-order valence-electron chi connectivity index (χ3n) is 2.93. The molecule has 1 atom stereocenters. The predicted octanol–water partition coefficient (Wildman–Crippen LogP) is 2.12. The van der Waals surface area contributed by atoms with Crippen molar-refractivity contribution in [1.29, 1.82) is 5.26 Å². The second-order valence-electron chi connectivity index (χ2n) is 3.88. The molecule has 0 fully saturated rings. The summed E-state index contributed by atoms with van der Waals surface area (Å²) in [7, 11) is 0. The van der Waals surface area contributed by atoms with E-state index in [1.54, 1.807) is 0 Å². The SMILES string of the molecule is N#CCC1(O)CCCc2ccccc21. The minimum atomic E-state index is -0.899. The van der Waals surface area contributed by atoms with Crippen LogP contribution in [0.15, 0.2) is 24.3 Å². The van der Waals surface area contributed by atoms with Crippen LogP contribution in [0.25, 0.3) is 0 Å². The number of aryl methyl sites for hydroxylation is 1. The maximum Gasteiger partial charge on any atom is 0.103 e. The largest absolute Gasteiger partial charge is 0.384 e. The summed E-state index contributed by atoms with van der Waals surface area (Å²) >= 11 is 0. The Kier molecular flexibility index (Phi) is 2.26. The monoisotopic (exact) mass is 187 g/mol. The first kappa shape index (κ1) is 9.23. The average Bonchev–Trinajstić information content (AvgIpc) is 2.19. The predicted molar refractivity (Wildman–Crippen MR) is 53.5 cm³/mol. The van der Waals surface area contributed by atoms with Gasteiger partial charge in [0.05, 0.1) is 12.5 Å². The second-order valence-corrected chi connectivity index (χ2v) is 3.88. The number of fused-ring (bicyclic) bond motifs is 1. The molecule has 1 aliphatic rings. The molecule has 0 bridgehead atoms. The van der Waals surface area contributed by atoms with Crippen molar-refractivity contribution in [3.05, 3.63) is 35.4 Å². The molecule has 0 saturated carbocycles. The fourth-order valence-corrected chi connectivity index (χ4v) is 2.21. The first-order valence-corrected chi connectivity index (χ1v) is 4.94. The quantitative estimate of drug-likeness (QED) is 0.731. The van der Waals surface area contributed by atoms with Crippen LogP contribution in [-0.2, 0) is 12.0 Å². The zero-order valence-electron chi connectivity index (χ0n) is 8.03. The van der Waals surface area contributed by atoms with Crippen molar-refractivity contribution in [3.8, 4) is 6.07 Å². The summed E-state index contributed by atoms with van der Waals surface area (Å²) in [6.07, 6.45) is 2.89. The Bertz CT molecular complexity index is 380. The first-order chi connectivity index (χ1) is 6.76. The van der Waals surface area contributed by atoms with Gasteiger partial charge >= 0.3 is 0 Å². The number of nitriles is 1. The van der Waals surface area contributed by atoms with Crippen molar-refractivity contribution in [3.63, 3.8) is 0 Å². The molecule has 0 spiro atoms. The number of benzene rings is 1. The molecule has 72 valence electrons. The van der Waals surface area contributed by atoms with Gasteiger partial charge in [0, 0.05) is 0 Å². The molecule has 0 amide bonds. The van der Waals surface area contributed by atoms with Crippen LogP contribution in [0.4, 0.5) is 0 Å². The van der Waals surface area contributed by atoms with E-state index >= 15 is 0 Å². The number of rotatable bonds is 1. The van der Waals surface area contributed by atoms with E-state index in [2.05, 4.69) is 6.07 Å². The van der Waals surface area contributed by atoms with E-state index in [-0.39, 0.29) is 6.42 Å². The summed E-state index contributed by atoms with van der Waals surface area (Å²) in [6, 6.07) is 9.95. The molecule has 0 radical (unpaired) electrons. The van der Waals surface area contributed by atoms with E-state index in [9.17, 15) is 5.11 Å². The summed E-state index contributed by atoms with van der Waals surface area (Å²) in [5.41, 5.74) is 1.24. The minimum absolute atomic E-state index is 0.198. The lowest BCUT2D eigenvalue weighted by Crippen LogP contribution is -2.30. The molecule has 14 heavy (non-hydrogen) atoms. The van der Waals surface area contributed by atoms with Crippen LogP contribution in [0.3, 0.4) is 0 Å². The molecule has 2 rings (SSSR count). The van der Waals surface area contributed by atoms with Crippen LogP contribution in [0.5, 0.6) is 0 Å². The molecule has 1 aliphatic carbocycles. The zero-order valence-corrected chi connectivity index (χ0v) is 8.03. The zero-order chi connectivity index (χ0) is 10.0. The van der Waals surface area contributed by atoms with E-state index in [1.165, 1.54) is 5.56 Å². The Morgan fingerprint density at radius 2 is 2.21 bits per heavy atom. The summed E-state index contributed by atoms with van der Waals surface area (Å²) < 4.78 is 0. The van der Waals surface area contributed by atoms with Crippen molar-refractivity contribution >= 4 is 0 Å². The summed E-state index contributed by atoms with van der Waals surface area (Å²) in [5.74, 6) is 0. The molecule has 0 aliphatic heterocycles. The summed E-state index contributed by atoms with van der Waals surface area (Å²) in [6.45, 7) is 0.